The van der Waals surface area contributed by atoms with E-state index in [0.29, 0.717) is 11.4 Å². The zero-order valence-electron chi connectivity index (χ0n) is 16.1. The molecule has 1 aromatic heterocycles. The highest BCUT2D eigenvalue weighted by atomic mass is 19.3. The summed E-state index contributed by atoms with van der Waals surface area (Å²) >= 11 is 0. The van der Waals surface area contributed by atoms with Gasteiger partial charge in [0.1, 0.15) is 5.75 Å². The minimum Gasteiger partial charge on any atom is -0.462 e. The van der Waals surface area contributed by atoms with Gasteiger partial charge in [0.25, 0.3) is 5.91 Å². The Morgan fingerprint density at radius 1 is 1.13 bits per heavy atom. The van der Waals surface area contributed by atoms with Gasteiger partial charge < -0.3 is 14.8 Å². The Morgan fingerprint density at radius 3 is 2.50 bits per heavy atom. The number of nitrogens with zero attached hydrogens (tertiary/aromatic N) is 3. The maximum atomic E-state index is 12.7. The van der Waals surface area contributed by atoms with Crippen LogP contribution in [0.15, 0.2) is 48.5 Å². The van der Waals surface area contributed by atoms with Gasteiger partial charge in [0.15, 0.2) is 5.69 Å². The number of carbonyl (C=O) groups excluding carboxylic acids is 2. The van der Waals surface area contributed by atoms with Crippen LogP contribution in [0.25, 0.3) is 5.69 Å². The average molecular weight is 416 g/mol. The summed E-state index contributed by atoms with van der Waals surface area (Å²) in [5, 5.41) is 10.5. The molecule has 0 aliphatic heterocycles. The molecule has 0 unspecified atom stereocenters. The number of aromatic nitrogens is 3. The monoisotopic (exact) mass is 416 g/mol. The molecule has 0 saturated heterocycles. The second kappa shape index (κ2) is 9.12. The fourth-order valence-corrected chi connectivity index (χ4v) is 2.71. The lowest BCUT2D eigenvalue weighted by atomic mass is 10.1. The molecule has 0 fully saturated rings. The molecule has 1 N–H and O–H groups in total. The number of rotatable bonds is 7. The lowest BCUT2D eigenvalue weighted by Gasteiger charge is -2.10. The highest BCUT2D eigenvalue weighted by Gasteiger charge is 2.20. The zero-order chi connectivity index (χ0) is 21.7. The lowest BCUT2D eigenvalue weighted by Crippen LogP contribution is -2.17. The van der Waals surface area contributed by atoms with E-state index in [2.05, 4.69) is 20.4 Å². The third kappa shape index (κ3) is 4.59. The number of amides is 1. The van der Waals surface area contributed by atoms with Crippen LogP contribution in [-0.4, -0.2) is 40.1 Å². The van der Waals surface area contributed by atoms with Gasteiger partial charge in [-0.2, -0.15) is 8.78 Å². The van der Waals surface area contributed by atoms with Crippen LogP contribution in [-0.2, 0) is 4.74 Å². The number of nitrogens with one attached hydrogen (secondary N) is 1. The van der Waals surface area contributed by atoms with Crippen LogP contribution in [0.5, 0.6) is 5.75 Å². The van der Waals surface area contributed by atoms with E-state index < -0.39 is 18.5 Å². The van der Waals surface area contributed by atoms with Gasteiger partial charge in [-0.1, -0.05) is 17.3 Å². The Hall–Kier alpha value is -3.82. The molecule has 10 heteroatoms. The van der Waals surface area contributed by atoms with Crippen LogP contribution in [0.3, 0.4) is 0 Å². The maximum Gasteiger partial charge on any atom is 0.387 e. The van der Waals surface area contributed by atoms with Crippen LogP contribution in [0.4, 0.5) is 14.5 Å². The molecule has 3 rings (SSSR count). The van der Waals surface area contributed by atoms with E-state index in [0.717, 1.165) is 0 Å². The molecule has 1 amide bonds. The Bertz CT molecular complexity index is 1050. The largest absolute Gasteiger partial charge is 0.462 e. The highest BCUT2D eigenvalue weighted by molar-refractivity contribution is 6.07. The topological polar surface area (TPSA) is 95.3 Å². The average Bonchev–Trinajstić information content (AvgIpc) is 3.10. The van der Waals surface area contributed by atoms with Crippen molar-refractivity contribution in [2.45, 2.75) is 20.5 Å². The number of benzene rings is 2. The van der Waals surface area contributed by atoms with E-state index in [1.165, 1.54) is 28.9 Å². The number of hydrogen-bond donors (Lipinski definition) is 1. The predicted octanol–water partition coefficient (Wildman–Crippen LogP) is 3.61. The molecule has 2 aromatic carbocycles. The number of alkyl halides is 2. The van der Waals surface area contributed by atoms with Crippen LogP contribution >= 0.6 is 0 Å². The Labute approximate surface area is 170 Å². The first-order chi connectivity index (χ1) is 14.4. The minimum absolute atomic E-state index is 0.0000530. The molecule has 0 aliphatic rings. The van der Waals surface area contributed by atoms with Gasteiger partial charge in [-0.25, -0.2) is 9.48 Å². The maximum absolute atomic E-state index is 12.7. The SMILES string of the molecule is CCOC(=O)c1ccccc1NC(=O)c1nnn(-c2ccc(OC(F)F)cc2)c1C. The van der Waals surface area contributed by atoms with Crippen molar-refractivity contribution < 1.29 is 27.8 Å². The first-order valence-corrected chi connectivity index (χ1v) is 8.95. The molecule has 0 atom stereocenters. The fourth-order valence-electron chi connectivity index (χ4n) is 2.71. The molecular formula is C20H18F2N4O4. The summed E-state index contributed by atoms with van der Waals surface area (Å²) in [5.41, 5.74) is 1.47. The quantitative estimate of drug-likeness (QED) is 0.592. The van der Waals surface area contributed by atoms with Crippen molar-refractivity contribution in [3.8, 4) is 11.4 Å². The van der Waals surface area contributed by atoms with Crippen molar-refractivity contribution in [3.63, 3.8) is 0 Å². The van der Waals surface area contributed by atoms with Crippen molar-refractivity contribution in [1.82, 2.24) is 15.0 Å². The molecule has 0 aliphatic carbocycles. The van der Waals surface area contributed by atoms with E-state index in [-0.39, 0.29) is 29.3 Å². The van der Waals surface area contributed by atoms with Gasteiger partial charge in [0.05, 0.1) is 29.2 Å². The zero-order valence-corrected chi connectivity index (χ0v) is 16.1. The minimum atomic E-state index is -2.92. The van der Waals surface area contributed by atoms with Gasteiger partial charge in [-0.05, 0) is 50.2 Å². The van der Waals surface area contributed by atoms with Crippen molar-refractivity contribution in [1.29, 1.82) is 0 Å². The smallest absolute Gasteiger partial charge is 0.387 e. The number of ether oxygens (including phenoxy) is 2. The summed E-state index contributed by atoms with van der Waals surface area (Å²) in [6.45, 7) is 0.606. The number of hydrogen-bond acceptors (Lipinski definition) is 6. The second-order valence-corrected chi connectivity index (χ2v) is 6.03. The van der Waals surface area contributed by atoms with Crippen LogP contribution < -0.4 is 10.1 Å². The highest BCUT2D eigenvalue weighted by Crippen LogP contribution is 2.20. The Kier molecular flexibility index (Phi) is 6.35. The van der Waals surface area contributed by atoms with E-state index in [1.807, 2.05) is 0 Å². The standard InChI is InChI=1S/C20H18F2N4O4/c1-3-29-19(28)15-6-4-5-7-16(15)23-18(27)17-12(2)26(25-24-17)13-8-10-14(11-9-13)30-20(21)22/h4-11,20H,3H2,1-2H3,(H,23,27). The first-order valence-electron chi connectivity index (χ1n) is 8.95. The van der Waals surface area contributed by atoms with E-state index in [4.69, 9.17) is 4.74 Å². The third-order valence-electron chi connectivity index (χ3n) is 4.09. The van der Waals surface area contributed by atoms with Crippen LogP contribution in [0.1, 0.15) is 33.5 Å². The fraction of sp³-hybridized carbons (Fsp3) is 0.200. The van der Waals surface area contributed by atoms with Gasteiger partial charge in [0, 0.05) is 0 Å². The Balaban J connectivity index is 1.81. The number of halogens is 2. The molecule has 1 heterocycles. The van der Waals surface area contributed by atoms with E-state index >= 15 is 0 Å². The summed E-state index contributed by atoms with van der Waals surface area (Å²) in [5.74, 6) is -1.12. The molecule has 3 aromatic rings. The lowest BCUT2D eigenvalue weighted by molar-refractivity contribution is -0.0498. The molecule has 0 bridgehead atoms. The van der Waals surface area contributed by atoms with Crippen LogP contribution in [0.2, 0.25) is 0 Å². The third-order valence-corrected chi connectivity index (χ3v) is 4.09. The molecule has 0 radical (unpaired) electrons. The summed E-state index contributed by atoms with van der Waals surface area (Å²) in [6.07, 6.45) is 0. The molecular weight excluding hydrogens is 398 g/mol. The predicted molar refractivity (Wildman–Crippen MR) is 103 cm³/mol. The van der Waals surface area contributed by atoms with E-state index in [1.54, 1.807) is 38.1 Å². The normalized spacial score (nSPS) is 10.7. The molecule has 30 heavy (non-hydrogen) atoms. The molecule has 0 saturated carbocycles. The van der Waals surface area contributed by atoms with Crippen molar-refractivity contribution in [3.05, 3.63) is 65.5 Å². The summed E-state index contributed by atoms with van der Waals surface area (Å²) in [4.78, 5) is 24.8. The number of esters is 1. The van der Waals surface area contributed by atoms with Gasteiger partial charge in [-0.15, -0.1) is 5.10 Å². The molecule has 156 valence electrons. The number of anilines is 1. The van der Waals surface area contributed by atoms with Crippen LogP contribution in [0, 0.1) is 6.92 Å². The Morgan fingerprint density at radius 2 is 1.83 bits per heavy atom. The molecule has 0 spiro atoms. The van der Waals surface area contributed by atoms with Gasteiger partial charge >= 0.3 is 12.6 Å². The number of carbonyl (C=O) groups is 2. The van der Waals surface area contributed by atoms with Crippen molar-refractivity contribution in [2.75, 3.05) is 11.9 Å². The first kappa shape index (κ1) is 20.9. The van der Waals surface area contributed by atoms with E-state index in [9.17, 15) is 18.4 Å². The molecule has 8 nitrogen and oxygen atoms in total. The van der Waals surface area contributed by atoms with Gasteiger partial charge in [0.2, 0.25) is 0 Å². The second-order valence-electron chi connectivity index (χ2n) is 6.03. The summed E-state index contributed by atoms with van der Waals surface area (Å²) in [7, 11) is 0. The number of para-hydroxylation sites is 1. The van der Waals surface area contributed by atoms with Crippen molar-refractivity contribution in [2.24, 2.45) is 0 Å². The van der Waals surface area contributed by atoms with Crippen molar-refractivity contribution >= 4 is 17.6 Å². The van der Waals surface area contributed by atoms with Gasteiger partial charge in [-0.3, -0.25) is 4.79 Å². The summed E-state index contributed by atoms with van der Waals surface area (Å²) < 4.78 is 35.3. The summed E-state index contributed by atoms with van der Waals surface area (Å²) in [6, 6.07) is 12.2.